The summed E-state index contributed by atoms with van der Waals surface area (Å²) in [6.07, 6.45) is 0. The molecule has 0 spiro atoms. The molecule has 1 fully saturated rings. The number of nitrogens with one attached hydrogen (secondary N) is 1. The van der Waals surface area contributed by atoms with E-state index in [0.29, 0.717) is 59.1 Å². The van der Waals surface area contributed by atoms with E-state index in [0.717, 1.165) is 5.75 Å². The first-order valence-electron chi connectivity index (χ1n) is 10.8. The first-order valence-corrected chi connectivity index (χ1v) is 12.3. The highest BCUT2D eigenvalue weighted by Crippen LogP contribution is 2.34. The lowest BCUT2D eigenvalue weighted by Crippen LogP contribution is -2.42. The Morgan fingerprint density at radius 1 is 1.21 bits per heavy atom. The van der Waals surface area contributed by atoms with Crippen molar-refractivity contribution < 1.29 is 23.5 Å². The van der Waals surface area contributed by atoms with Gasteiger partial charge in [-0.2, -0.15) is 0 Å². The fraction of sp³-hybridized carbons (Fsp3) is 0.292. The predicted molar refractivity (Wildman–Crippen MR) is 129 cm³/mol. The molecule has 3 heterocycles. The second kappa shape index (κ2) is 9.60. The Labute approximate surface area is 205 Å². The van der Waals surface area contributed by atoms with Crippen LogP contribution in [0, 0.1) is 6.92 Å². The molecule has 3 aromatic rings. The molecule has 1 unspecified atom stereocenters. The third-order valence-corrected chi connectivity index (χ3v) is 6.98. The van der Waals surface area contributed by atoms with Crippen LogP contribution in [0.3, 0.4) is 0 Å². The monoisotopic (exact) mass is 499 g/mol. The summed E-state index contributed by atoms with van der Waals surface area (Å²) >= 11 is 7.74. The predicted octanol–water partition coefficient (Wildman–Crippen LogP) is 4.02. The van der Waals surface area contributed by atoms with Crippen molar-refractivity contribution in [3.05, 3.63) is 64.6 Å². The van der Waals surface area contributed by atoms with E-state index in [1.54, 1.807) is 60.0 Å². The Balaban J connectivity index is 1.32. The first-order chi connectivity index (χ1) is 16.5. The number of ether oxygens (including phenoxy) is 2. The lowest BCUT2D eigenvalue weighted by Gasteiger charge is -2.24. The Bertz CT molecular complexity index is 1250. The number of hydrogen-bond acceptors (Lipinski definition) is 7. The van der Waals surface area contributed by atoms with E-state index in [1.165, 1.54) is 0 Å². The number of nitrogens with zero attached hydrogens (tertiary/aromatic N) is 2. The number of benzene rings is 2. The molecule has 2 aliphatic heterocycles. The van der Waals surface area contributed by atoms with Crippen molar-refractivity contribution in [3.8, 4) is 22.8 Å². The molecular weight excluding hydrogens is 478 g/mol. The van der Waals surface area contributed by atoms with E-state index in [2.05, 4.69) is 10.3 Å². The normalized spacial score (nSPS) is 17.0. The number of para-hydroxylation sites is 1. The smallest absolute Gasteiger partial charge is 0.277 e. The molecular formula is C24H22ClN3O5S. The Kier molecular flexibility index (Phi) is 6.38. The lowest BCUT2D eigenvalue weighted by molar-refractivity contribution is 0.0746. The molecule has 1 aromatic heterocycles. The van der Waals surface area contributed by atoms with Gasteiger partial charge in [0.25, 0.3) is 11.8 Å². The summed E-state index contributed by atoms with van der Waals surface area (Å²) in [7, 11) is 0. The number of oxazole rings is 1. The van der Waals surface area contributed by atoms with Crippen LogP contribution >= 0.6 is 23.4 Å². The Hall–Kier alpha value is -3.17. The van der Waals surface area contributed by atoms with Crippen molar-refractivity contribution in [3.63, 3.8) is 0 Å². The van der Waals surface area contributed by atoms with E-state index < -0.39 is 0 Å². The number of halogens is 1. The number of thioether (sulfide) groups is 1. The molecule has 34 heavy (non-hydrogen) atoms. The highest BCUT2D eigenvalue weighted by atomic mass is 35.5. The van der Waals surface area contributed by atoms with Gasteiger partial charge in [0.15, 0.2) is 28.8 Å². The summed E-state index contributed by atoms with van der Waals surface area (Å²) in [5.41, 5.74) is 1.33. The summed E-state index contributed by atoms with van der Waals surface area (Å²) in [5, 5.41) is 3.24. The summed E-state index contributed by atoms with van der Waals surface area (Å²) in [6.45, 7) is 3.37. The molecule has 0 aliphatic carbocycles. The first kappa shape index (κ1) is 22.6. The summed E-state index contributed by atoms with van der Waals surface area (Å²) in [4.78, 5) is 32.4. The number of aromatic nitrogens is 1. The number of fused-ring (bicyclic) bond motifs is 1. The molecule has 10 heteroatoms. The molecule has 1 saturated heterocycles. The third-order valence-electron chi connectivity index (χ3n) is 5.52. The van der Waals surface area contributed by atoms with E-state index in [-0.39, 0.29) is 29.4 Å². The number of carbonyl (C=O) groups excluding carboxylic acids is 2. The van der Waals surface area contributed by atoms with Gasteiger partial charge >= 0.3 is 0 Å². The van der Waals surface area contributed by atoms with Gasteiger partial charge in [-0.05, 0) is 24.3 Å². The van der Waals surface area contributed by atoms with E-state index in [4.69, 9.17) is 25.5 Å². The van der Waals surface area contributed by atoms with Crippen LogP contribution in [0.1, 0.15) is 26.7 Å². The minimum absolute atomic E-state index is 0.237. The molecule has 1 N–H and O–H groups in total. The molecule has 5 rings (SSSR count). The average Bonchev–Trinajstić information content (AvgIpc) is 3.48. The summed E-state index contributed by atoms with van der Waals surface area (Å²) in [5.74, 6) is 2.02. The van der Waals surface area contributed by atoms with Gasteiger partial charge in [0.1, 0.15) is 13.2 Å². The van der Waals surface area contributed by atoms with Crippen molar-refractivity contribution in [2.75, 3.05) is 32.1 Å². The summed E-state index contributed by atoms with van der Waals surface area (Å²) in [6, 6.07) is 12.3. The number of amides is 2. The van der Waals surface area contributed by atoms with Crippen LogP contribution in [0.25, 0.3) is 11.3 Å². The van der Waals surface area contributed by atoms with Crippen molar-refractivity contribution in [2.24, 2.45) is 0 Å². The van der Waals surface area contributed by atoms with E-state index >= 15 is 0 Å². The zero-order valence-corrected chi connectivity index (χ0v) is 19.9. The van der Waals surface area contributed by atoms with Crippen molar-refractivity contribution >= 4 is 35.2 Å². The van der Waals surface area contributed by atoms with Crippen LogP contribution in [0.5, 0.6) is 11.5 Å². The largest absolute Gasteiger partial charge is 0.486 e. The molecule has 1 atom stereocenters. The minimum atomic E-state index is -0.279. The Morgan fingerprint density at radius 2 is 2.03 bits per heavy atom. The molecule has 2 aromatic carbocycles. The van der Waals surface area contributed by atoms with Gasteiger partial charge in [-0.25, -0.2) is 4.98 Å². The lowest BCUT2D eigenvalue weighted by atomic mass is 10.1. The minimum Gasteiger partial charge on any atom is -0.486 e. The molecule has 2 aliphatic rings. The highest BCUT2D eigenvalue weighted by Gasteiger charge is 2.34. The van der Waals surface area contributed by atoms with Crippen LogP contribution in [0.15, 0.2) is 46.9 Å². The molecule has 2 amide bonds. The fourth-order valence-electron chi connectivity index (χ4n) is 3.98. The number of aryl methyl sites for hydroxylation is 1. The third kappa shape index (κ3) is 4.45. The number of hydrogen-bond donors (Lipinski definition) is 1. The number of rotatable bonds is 5. The van der Waals surface area contributed by atoms with Gasteiger partial charge in [0, 0.05) is 36.4 Å². The molecule has 0 saturated carbocycles. The van der Waals surface area contributed by atoms with Crippen LogP contribution in [-0.2, 0) is 0 Å². The standard InChI is InChI=1S/C24H22ClN3O5S/c1-14-27-20(21(33-14)15-4-2-5-16(25)12-15)24(30)28-8-11-34-19(28)13-26-23(29)17-6-3-7-18-22(17)32-10-9-31-18/h2-7,12,19H,8-11,13H2,1H3,(H,26,29). The van der Waals surface area contributed by atoms with Crippen LogP contribution < -0.4 is 14.8 Å². The van der Waals surface area contributed by atoms with Crippen molar-refractivity contribution in [1.82, 2.24) is 15.2 Å². The van der Waals surface area contributed by atoms with Gasteiger partial charge in [0.05, 0.1) is 10.9 Å². The van der Waals surface area contributed by atoms with Crippen LogP contribution in [0.2, 0.25) is 5.02 Å². The molecule has 8 nitrogen and oxygen atoms in total. The molecule has 176 valence electrons. The van der Waals surface area contributed by atoms with Gasteiger partial charge in [0.2, 0.25) is 0 Å². The Morgan fingerprint density at radius 3 is 2.88 bits per heavy atom. The maximum absolute atomic E-state index is 13.5. The highest BCUT2D eigenvalue weighted by molar-refractivity contribution is 8.00. The van der Waals surface area contributed by atoms with Gasteiger partial charge in [-0.15, -0.1) is 11.8 Å². The molecule has 0 radical (unpaired) electrons. The summed E-state index contributed by atoms with van der Waals surface area (Å²) < 4.78 is 17.0. The fourth-order valence-corrected chi connectivity index (χ4v) is 5.33. The SMILES string of the molecule is Cc1nc(C(=O)N2CCSC2CNC(=O)c2cccc3c2OCCO3)c(-c2cccc(Cl)c2)o1. The second-order valence-electron chi connectivity index (χ2n) is 7.78. The van der Waals surface area contributed by atoms with E-state index in [1.807, 2.05) is 6.07 Å². The average molecular weight is 500 g/mol. The second-order valence-corrected chi connectivity index (χ2v) is 9.51. The maximum Gasteiger partial charge on any atom is 0.277 e. The topological polar surface area (TPSA) is 93.9 Å². The van der Waals surface area contributed by atoms with Crippen molar-refractivity contribution in [1.29, 1.82) is 0 Å². The number of carbonyl (C=O) groups is 2. The van der Waals surface area contributed by atoms with Gasteiger partial charge in [-0.1, -0.05) is 29.8 Å². The maximum atomic E-state index is 13.5. The zero-order valence-electron chi connectivity index (χ0n) is 18.4. The van der Waals surface area contributed by atoms with Crippen LogP contribution in [0.4, 0.5) is 0 Å². The van der Waals surface area contributed by atoms with E-state index in [9.17, 15) is 9.59 Å². The quantitative estimate of drug-likeness (QED) is 0.566. The van der Waals surface area contributed by atoms with Gasteiger partial charge < -0.3 is 24.1 Å². The van der Waals surface area contributed by atoms with Crippen LogP contribution in [-0.4, -0.2) is 59.1 Å². The molecule has 0 bridgehead atoms. The van der Waals surface area contributed by atoms with Gasteiger partial charge in [-0.3, -0.25) is 9.59 Å². The van der Waals surface area contributed by atoms with Crippen molar-refractivity contribution in [2.45, 2.75) is 12.3 Å². The zero-order chi connectivity index (χ0) is 23.7.